The van der Waals surface area contributed by atoms with Crippen molar-refractivity contribution in [3.63, 3.8) is 0 Å². The Labute approximate surface area is 126 Å². The van der Waals surface area contributed by atoms with Crippen molar-refractivity contribution >= 4 is 0 Å². The summed E-state index contributed by atoms with van der Waals surface area (Å²) < 4.78 is 11.7. The molecule has 0 bridgehead atoms. The van der Waals surface area contributed by atoms with Crippen LogP contribution in [0.25, 0.3) is 0 Å². The van der Waals surface area contributed by atoms with Gasteiger partial charge in [0.1, 0.15) is 23.9 Å². The number of hydrogen-bond donors (Lipinski definition) is 1. The molecule has 1 N–H and O–H groups in total. The molecule has 1 aromatic heterocycles. The molecule has 112 valence electrons. The smallest absolute Gasteiger partial charge is 0.120 e. The van der Waals surface area contributed by atoms with Gasteiger partial charge >= 0.3 is 0 Å². The van der Waals surface area contributed by atoms with Crippen molar-refractivity contribution in [2.45, 2.75) is 52.3 Å². The van der Waals surface area contributed by atoms with Crippen molar-refractivity contribution < 1.29 is 9.15 Å². The van der Waals surface area contributed by atoms with Crippen molar-refractivity contribution in [2.75, 3.05) is 0 Å². The third-order valence-corrected chi connectivity index (χ3v) is 3.91. The maximum Gasteiger partial charge on any atom is 0.120 e. The highest BCUT2D eigenvalue weighted by molar-refractivity contribution is 5.29. The molecule has 1 fully saturated rings. The first kappa shape index (κ1) is 14.2. The Kier molecular flexibility index (Phi) is 4.30. The number of aryl methyl sites for hydroxylation is 2. The van der Waals surface area contributed by atoms with Gasteiger partial charge in [-0.15, -0.1) is 0 Å². The van der Waals surface area contributed by atoms with Gasteiger partial charge in [-0.05, 0) is 49.9 Å². The lowest BCUT2D eigenvalue weighted by Gasteiger charge is -2.06. The van der Waals surface area contributed by atoms with Crippen LogP contribution in [0.3, 0.4) is 0 Å². The summed E-state index contributed by atoms with van der Waals surface area (Å²) >= 11 is 0. The van der Waals surface area contributed by atoms with Crippen LogP contribution in [0, 0.1) is 6.92 Å². The second-order valence-electron chi connectivity index (χ2n) is 5.74. The normalized spacial score (nSPS) is 14.4. The number of furan rings is 1. The second-order valence-corrected chi connectivity index (χ2v) is 5.74. The first-order valence-corrected chi connectivity index (χ1v) is 7.78. The highest BCUT2D eigenvalue weighted by atomic mass is 16.5. The molecule has 2 aromatic rings. The van der Waals surface area contributed by atoms with Crippen LogP contribution < -0.4 is 10.1 Å². The molecule has 0 atom stereocenters. The van der Waals surface area contributed by atoms with Gasteiger partial charge in [-0.2, -0.15) is 0 Å². The topological polar surface area (TPSA) is 34.4 Å². The third kappa shape index (κ3) is 3.88. The molecule has 1 saturated carbocycles. The van der Waals surface area contributed by atoms with E-state index in [1.54, 1.807) is 0 Å². The standard InChI is InChI=1S/C18H23NO2/c1-3-14-5-4-6-17(9-14)20-12-15-10-18(21-13(15)2)11-19-16-7-8-16/h4-6,9-10,16,19H,3,7-8,11-12H2,1-2H3. The van der Waals surface area contributed by atoms with E-state index in [2.05, 4.69) is 30.4 Å². The third-order valence-electron chi connectivity index (χ3n) is 3.91. The molecule has 1 aromatic carbocycles. The second kappa shape index (κ2) is 6.35. The largest absolute Gasteiger partial charge is 0.489 e. The van der Waals surface area contributed by atoms with Gasteiger partial charge in [0.05, 0.1) is 6.54 Å². The predicted octanol–water partition coefficient (Wildman–Crippen LogP) is 3.98. The minimum Gasteiger partial charge on any atom is -0.489 e. The average molecular weight is 285 g/mol. The fraction of sp³-hybridized carbons (Fsp3) is 0.444. The molecule has 0 aliphatic heterocycles. The summed E-state index contributed by atoms with van der Waals surface area (Å²) in [5.41, 5.74) is 2.43. The summed E-state index contributed by atoms with van der Waals surface area (Å²) in [7, 11) is 0. The Bertz CT molecular complexity index is 599. The van der Waals surface area contributed by atoms with Crippen molar-refractivity contribution in [3.8, 4) is 5.75 Å². The van der Waals surface area contributed by atoms with Crippen molar-refractivity contribution in [1.29, 1.82) is 0 Å². The van der Waals surface area contributed by atoms with Crippen LogP contribution in [0.5, 0.6) is 5.75 Å². The molecule has 1 aliphatic rings. The first-order chi connectivity index (χ1) is 10.2. The van der Waals surface area contributed by atoms with E-state index in [4.69, 9.17) is 9.15 Å². The summed E-state index contributed by atoms with van der Waals surface area (Å²) in [6, 6.07) is 11.1. The van der Waals surface area contributed by atoms with Gasteiger partial charge < -0.3 is 14.5 Å². The molecule has 3 rings (SSSR count). The van der Waals surface area contributed by atoms with Gasteiger partial charge in [0.2, 0.25) is 0 Å². The SMILES string of the molecule is CCc1cccc(OCc2cc(CNC3CC3)oc2C)c1. The van der Waals surface area contributed by atoms with Crippen LogP contribution in [0.4, 0.5) is 0 Å². The Morgan fingerprint density at radius 2 is 2.14 bits per heavy atom. The molecule has 0 saturated heterocycles. The van der Waals surface area contributed by atoms with Crippen LogP contribution in [0.2, 0.25) is 0 Å². The maximum absolute atomic E-state index is 5.89. The molecule has 0 unspecified atom stereocenters. The lowest BCUT2D eigenvalue weighted by Crippen LogP contribution is -2.14. The molecule has 21 heavy (non-hydrogen) atoms. The number of hydrogen-bond acceptors (Lipinski definition) is 3. The summed E-state index contributed by atoms with van der Waals surface area (Å²) in [5, 5.41) is 3.47. The number of ether oxygens (including phenoxy) is 1. The first-order valence-electron chi connectivity index (χ1n) is 7.78. The molecule has 3 nitrogen and oxygen atoms in total. The molecule has 1 heterocycles. The lowest BCUT2D eigenvalue weighted by molar-refractivity contribution is 0.302. The minimum atomic E-state index is 0.561. The highest BCUT2D eigenvalue weighted by Crippen LogP contribution is 2.22. The maximum atomic E-state index is 5.89. The van der Waals surface area contributed by atoms with Gasteiger partial charge in [-0.25, -0.2) is 0 Å². The van der Waals surface area contributed by atoms with Gasteiger partial charge in [0.15, 0.2) is 0 Å². The molecule has 0 amide bonds. The Morgan fingerprint density at radius 1 is 1.29 bits per heavy atom. The molecule has 0 radical (unpaired) electrons. The summed E-state index contributed by atoms with van der Waals surface area (Å²) in [6.07, 6.45) is 3.62. The molecule has 0 spiro atoms. The van der Waals surface area contributed by atoms with Crippen molar-refractivity contribution in [3.05, 3.63) is 53.0 Å². The zero-order chi connectivity index (χ0) is 14.7. The fourth-order valence-corrected chi connectivity index (χ4v) is 2.37. The van der Waals surface area contributed by atoms with Crippen LogP contribution >= 0.6 is 0 Å². The van der Waals surface area contributed by atoms with Crippen molar-refractivity contribution in [1.82, 2.24) is 5.32 Å². The number of benzene rings is 1. The molecular formula is C18H23NO2. The van der Waals surface area contributed by atoms with Gasteiger partial charge in [-0.3, -0.25) is 0 Å². The fourth-order valence-electron chi connectivity index (χ4n) is 2.37. The summed E-state index contributed by atoms with van der Waals surface area (Å²) in [6.45, 7) is 5.53. The van der Waals surface area contributed by atoms with E-state index in [1.807, 2.05) is 19.1 Å². The number of nitrogens with one attached hydrogen (secondary N) is 1. The Morgan fingerprint density at radius 3 is 2.90 bits per heavy atom. The zero-order valence-corrected chi connectivity index (χ0v) is 12.8. The van der Waals surface area contributed by atoms with Crippen LogP contribution in [-0.2, 0) is 19.6 Å². The molecule has 1 aliphatic carbocycles. The lowest BCUT2D eigenvalue weighted by atomic mass is 10.2. The minimum absolute atomic E-state index is 0.561. The van der Waals surface area contributed by atoms with Gasteiger partial charge in [-0.1, -0.05) is 19.1 Å². The zero-order valence-electron chi connectivity index (χ0n) is 12.8. The summed E-state index contributed by atoms with van der Waals surface area (Å²) in [5.74, 6) is 2.88. The van der Waals surface area contributed by atoms with Gasteiger partial charge in [0.25, 0.3) is 0 Å². The van der Waals surface area contributed by atoms with Gasteiger partial charge in [0, 0.05) is 11.6 Å². The highest BCUT2D eigenvalue weighted by Gasteiger charge is 2.20. The van der Waals surface area contributed by atoms with E-state index in [0.29, 0.717) is 12.6 Å². The van der Waals surface area contributed by atoms with E-state index >= 15 is 0 Å². The van der Waals surface area contributed by atoms with Crippen LogP contribution in [-0.4, -0.2) is 6.04 Å². The monoisotopic (exact) mass is 285 g/mol. The average Bonchev–Trinajstić information content (AvgIpc) is 3.27. The van der Waals surface area contributed by atoms with Crippen LogP contribution in [0.15, 0.2) is 34.7 Å². The number of rotatable bonds is 7. The van der Waals surface area contributed by atoms with E-state index < -0.39 is 0 Å². The Balaban J connectivity index is 1.58. The molecular weight excluding hydrogens is 262 g/mol. The van der Waals surface area contributed by atoms with Crippen LogP contribution in [0.1, 0.15) is 42.4 Å². The van der Waals surface area contributed by atoms with Crippen molar-refractivity contribution in [2.24, 2.45) is 0 Å². The van der Waals surface area contributed by atoms with E-state index in [-0.39, 0.29) is 0 Å². The van der Waals surface area contributed by atoms with E-state index in [0.717, 1.165) is 35.8 Å². The van der Waals surface area contributed by atoms with E-state index in [1.165, 1.54) is 18.4 Å². The quantitative estimate of drug-likeness (QED) is 0.835. The van der Waals surface area contributed by atoms with E-state index in [9.17, 15) is 0 Å². The molecule has 3 heteroatoms. The Hall–Kier alpha value is -1.74. The summed E-state index contributed by atoms with van der Waals surface area (Å²) in [4.78, 5) is 0. The predicted molar refractivity (Wildman–Crippen MR) is 83.5 cm³/mol.